The Morgan fingerprint density at radius 3 is 1.85 bits per heavy atom. The van der Waals surface area contributed by atoms with E-state index in [0.717, 1.165) is 24.3 Å². The third-order valence-electron chi connectivity index (χ3n) is 8.18. The maximum absolute atomic E-state index is 13.9. The van der Waals surface area contributed by atoms with Crippen LogP contribution >= 0.6 is 0 Å². The van der Waals surface area contributed by atoms with E-state index >= 15 is 0 Å². The quantitative estimate of drug-likeness (QED) is 0.0798. The van der Waals surface area contributed by atoms with Crippen LogP contribution in [0.5, 0.6) is 34.5 Å². The van der Waals surface area contributed by atoms with Gasteiger partial charge in [0.05, 0.1) is 0 Å². The molecule has 0 aliphatic carbocycles. The number of carbonyl (C=O) groups excluding carboxylic acids is 2. The molecule has 5 atom stereocenters. The number of phenols is 5. The molecule has 7 N–H and O–H groups in total. The van der Waals surface area contributed by atoms with E-state index in [9.17, 15) is 50.1 Å². The summed E-state index contributed by atoms with van der Waals surface area (Å²) in [6, 6.07) is 19.0. The van der Waals surface area contributed by atoms with E-state index in [0.29, 0.717) is 11.1 Å². The topological polar surface area (TPSA) is 243 Å². The summed E-state index contributed by atoms with van der Waals surface area (Å²) in [5.41, 5.74) is 0.00793. The van der Waals surface area contributed by atoms with Crippen molar-refractivity contribution in [3.05, 3.63) is 118 Å². The lowest BCUT2D eigenvalue weighted by Gasteiger charge is -2.41. The number of phenolic OH excluding ortho intramolecular Hbond substituents is 5. The van der Waals surface area contributed by atoms with Crippen LogP contribution in [0.1, 0.15) is 11.1 Å². The Balaban J connectivity index is 1.32. The number of rotatable bonds is 10. The smallest absolute Gasteiger partial charge is 0.331 e. The minimum atomic E-state index is -2.00. The minimum absolute atomic E-state index is 0.000756. The summed E-state index contributed by atoms with van der Waals surface area (Å²) in [7, 11) is 0. The molecule has 0 saturated carbocycles. The van der Waals surface area contributed by atoms with Gasteiger partial charge in [0, 0.05) is 29.8 Å². The Hall–Kier alpha value is -6.81. The summed E-state index contributed by atoms with van der Waals surface area (Å²) in [5, 5.41) is 71.7. The number of benzene rings is 4. The number of aliphatic hydroxyl groups is 2. The van der Waals surface area contributed by atoms with Gasteiger partial charge >= 0.3 is 11.9 Å². The molecule has 0 unspecified atom stereocenters. The molecule has 0 radical (unpaired) electrons. The second kappa shape index (κ2) is 15.8. The summed E-state index contributed by atoms with van der Waals surface area (Å²) in [4.78, 5) is 39.5. The van der Waals surface area contributed by atoms with Crippen molar-refractivity contribution in [3.8, 4) is 45.8 Å². The van der Waals surface area contributed by atoms with Gasteiger partial charge in [-0.3, -0.25) is 4.79 Å². The van der Waals surface area contributed by atoms with Gasteiger partial charge < -0.3 is 59.1 Å². The van der Waals surface area contributed by atoms with Gasteiger partial charge in [-0.25, -0.2) is 9.59 Å². The fraction of sp³-hybridized carbons (Fsp3) is 0.154. The molecule has 0 spiro atoms. The lowest BCUT2D eigenvalue weighted by Crippen LogP contribution is -2.61. The van der Waals surface area contributed by atoms with Gasteiger partial charge in [0.1, 0.15) is 58.5 Å². The highest BCUT2D eigenvalue weighted by Crippen LogP contribution is 2.38. The first-order valence-electron chi connectivity index (χ1n) is 16.2. The van der Waals surface area contributed by atoms with Crippen LogP contribution in [-0.2, 0) is 23.8 Å². The van der Waals surface area contributed by atoms with Crippen molar-refractivity contribution in [2.24, 2.45) is 0 Å². The average molecular weight is 741 g/mol. The van der Waals surface area contributed by atoms with E-state index in [-0.39, 0.29) is 34.2 Å². The highest BCUT2D eigenvalue weighted by molar-refractivity contribution is 5.89. The second-order valence-corrected chi connectivity index (χ2v) is 12.0. The van der Waals surface area contributed by atoms with Crippen LogP contribution in [0.3, 0.4) is 0 Å². The Bertz CT molecular complexity index is 2260. The second-order valence-electron chi connectivity index (χ2n) is 12.0. The highest BCUT2D eigenvalue weighted by atomic mass is 16.7. The van der Waals surface area contributed by atoms with E-state index in [2.05, 4.69) is 0 Å². The van der Waals surface area contributed by atoms with Crippen molar-refractivity contribution in [2.75, 3.05) is 6.61 Å². The van der Waals surface area contributed by atoms with Crippen molar-refractivity contribution in [3.63, 3.8) is 0 Å². The number of aliphatic hydroxyl groups excluding tert-OH is 2. The minimum Gasteiger partial charge on any atom is -0.508 e. The first-order valence-corrected chi connectivity index (χ1v) is 16.2. The maximum atomic E-state index is 13.9. The first-order chi connectivity index (χ1) is 25.9. The van der Waals surface area contributed by atoms with Gasteiger partial charge in [-0.2, -0.15) is 0 Å². The molecule has 278 valence electrons. The fourth-order valence-electron chi connectivity index (χ4n) is 5.46. The maximum Gasteiger partial charge on any atom is 0.331 e. The molecule has 5 aromatic rings. The van der Waals surface area contributed by atoms with Gasteiger partial charge in [0.15, 0.2) is 18.0 Å². The Kier molecular flexibility index (Phi) is 10.8. The van der Waals surface area contributed by atoms with Gasteiger partial charge in [0.25, 0.3) is 0 Å². The SMILES string of the molecule is O=C(/C=C/c1ccc(O)cc1)OC[C@H]1O[C@@H](Oc2c(-c3ccc(O)cc3)oc3cc(O)cc(O)c3c2=O)[C@H](O)[C@@H](OC(=O)/C=C/c2ccc(O)cc2)[C@H]1O. The summed E-state index contributed by atoms with van der Waals surface area (Å²) >= 11 is 0. The molecule has 1 saturated heterocycles. The van der Waals surface area contributed by atoms with Crippen LogP contribution in [0.25, 0.3) is 34.4 Å². The first kappa shape index (κ1) is 37.0. The van der Waals surface area contributed by atoms with Crippen LogP contribution in [-0.4, -0.2) is 85.0 Å². The lowest BCUT2D eigenvalue weighted by molar-refractivity contribution is -0.281. The zero-order valence-corrected chi connectivity index (χ0v) is 27.9. The summed E-state index contributed by atoms with van der Waals surface area (Å²) < 4.78 is 28.3. The van der Waals surface area contributed by atoms with Crippen molar-refractivity contribution < 1.29 is 68.7 Å². The van der Waals surface area contributed by atoms with E-state index in [1.54, 1.807) is 12.1 Å². The van der Waals surface area contributed by atoms with Crippen molar-refractivity contribution >= 4 is 35.1 Å². The predicted octanol–water partition coefficient (Wildman–Crippen LogP) is 3.70. The summed E-state index contributed by atoms with van der Waals surface area (Å²) in [6.07, 6.45) is -4.24. The Labute approximate surface area is 305 Å². The summed E-state index contributed by atoms with van der Waals surface area (Å²) in [6.45, 7) is -0.666. The van der Waals surface area contributed by atoms with Gasteiger partial charge in [0.2, 0.25) is 17.5 Å². The number of fused-ring (bicyclic) bond motifs is 1. The fourth-order valence-corrected chi connectivity index (χ4v) is 5.46. The average Bonchev–Trinajstić information content (AvgIpc) is 3.14. The van der Waals surface area contributed by atoms with Gasteiger partial charge in [-0.15, -0.1) is 0 Å². The predicted molar refractivity (Wildman–Crippen MR) is 189 cm³/mol. The third-order valence-corrected chi connectivity index (χ3v) is 8.18. The molecule has 1 fully saturated rings. The highest BCUT2D eigenvalue weighted by Gasteiger charge is 2.49. The molecule has 1 aliphatic heterocycles. The van der Waals surface area contributed by atoms with E-state index in [4.69, 9.17) is 23.4 Å². The van der Waals surface area contributed by atoms with Crippen molar-refractivity contribution in [2.45, 2.75) is 30.7 Å². The van der Waals surface area contributed by atoms with Crippen LogP contribution in [0.4, 0.5) is 0 Å². The van der Waals surface area contributed by atoms with Crippen LogP contribution < -0.4 is 10.2 Å². The number of aromatic hydroxyl groups is 5. The molecule has 1 aliphatic rings. The molecule has 0 bridgehead atoms. The zero-order valence-electron chi connectivity index (χ0n) is 27.9. The standard InChI is InChI=1S/C39H32O15/c40-23-9-1-20(2-10-23)5-15-30(45)50-19-29-33(47)37(53-31(46)16-6-21-3-11-24(41)12-4-21)35(49)39(52-29)54-38-34(48)32-27(44)17-26(43)18-28(32)51-36(38)22-7-13-25(42)14-8-22/h1-18,29,33,35,37,39-44,47,49H,19H2/b15-5+,16-6+/t29-,33+,35-,37+,39+/m1/s1. The van der Waals surface area contributed by atoms with Crippen LogP contribution in [0, 0.1) is 0 Å². The Morgan fingerprint density at radius 1 is 0.704 bits per heavy atom. The molecule has 15 heteroatoms. The molecule has 4 aromatic carbocycles. The van der Waals surface area contributed by atoms with E-state index in [1.807, 2.05) is 0 Å². The molecule has 1 aromatic heterocycles. The number of esters is 2. The zero-order chi connectivity index (χ0) is 38.5. The molecule has 54 heavy (non-hydrogen) atoms. The monoisotopic (exact) mass is 740 g/mol. The molecule has 0 amide bonds. The van der Waals surface area contributed by atoms with Crippen LogP contribution in [0.2, 0.25) is 0 Å². The third kappa shape index (κ3) is 8.45. The van der Waals surface area contributed by atoms with Crippen LogP contribution in [0.15, 0.2) is 106 Å². The van der Waals surface area contributed by atoms with Crippen molar-refractivity contribution in [1.29, 1.82) is 0 Å². The number of ether oxygens (including phenoxy) is 4. The normalized spacial score (nSPS) is 19.9. The number of hydrogen-bond donors (Lipinski definition) is 7. The largest absolute Gasteiger partial charge is 0.508 e. The van der Waals surface area contributed by atoms with Gasteiger partial charge in [-0.1, -0.05) is 24.3 Å². The van der Waals surface area contributed by atoms with E-state index < -0.39 is 77.3 Å². The van der Waals surface area contributed by atoms with E-state index in [1.165, 1.54) is 72.8 Å². The molecule has 2 heterocycles. The number of hydrogen-bond acceptors (Lipinski definition) is 15. The lowest BCUT2D eigenvalue weighted by atomic mass is 9.98. The van der Waals surface area contributed by atoms with Crippen molar-refractivity contribution in [1.82, 2.24) is 0 Å². The number of carbonyl (C=O) groups is 2. The molecule has 6 rings (SSSR count). The van der Waals surface area contributed by atoms with Gasteiger partial charge in [-0.05, 0) is 71.8 Å². The molecule has 15 nitrogen and oxygen atoms in total. The summed E-state index contributed by atoms with van der Waals surface area (Å²) in [5.74, 6) is -4.01. The molecular formula is C39H32O15. The molecular weight excluding hydrogens is 708 g/mol. The Morgan fingerprint density at radius 2 is 1.26 bits per heavy atom.